The summed E-state index contributed by atoms with van der Waals surface area (Å²) in [6, 6.07) is 0. The van der Waals surface area contributed by atoms with E-state index in [-0.39, 0.29) is 17.3 Å². The third kappa shape index (κ3) is 1.42. The minimum absolute atomic E-state index is 0.0569. The van der Waals surface area contributed by atoms with Gasteiger partial charge in [-0.1, -0.05) is 52.5 Å². The van der Waals surface area contributed by atoms with Gasteiger partial charge >= 0.3 is 0 Å². The Morgan fingerprint density at radius 3 is 2.38 bits per heavy atom. The summed E-state index contributed by atoms with van der Waals surface area (Å²) in [6.45, 7) is 20.0. The summed E-state index contributed by atoms with van der Waals surface area (Å²) in [7, 11) is 0. The van der Waals surface area contributed by atoms with Crippen LogP contribution >= 0.6 is 12.8 Å². The van der Waals surface area contributed by atoms with Crippen molar-refractivity contribution in [3.63, 3.8) is 0 Å². The highest BCUT2D eigenvalue weighted by atomic mass is 32.1. The molecule has 3 atom stereocenters. The van der Waals surface area contributed by atoms with Crippen molar-refractivity contribution < 1.29 is 0 Å². The second kappa shape index (κ2) is 4.06. The Morgan fingerprint density at radius 1 is 1.62 bits per heavy atom. The average molecular weight is 236 g/mol. The molecule has 1 saturated heterocycles. The number of nitrogens with two attached hydrogens (primary N) is 1. The van der Waals surface area contributed by atoms with E-state index in [9.17, 15) is 0 Å². The molecule has 88 valence electrons. The number of rotatable bonds is 3. The summed E-state index contributed by atoms with van der Waals surface area (Å²) >= 11 is 4.39. The largest absolute Gasteiger partial charge is 0.402 e. The first-order chi connectivity index (χ1) is 7.30. The summed E-state index contributed by atoms with van der Waals surface area (Å²) in [5, 5.41) is 0. The lowest BCUT2D eigenvalue weighted by molar-refractivity contribution is 0.283. The van der Waals surface area contributed by atoms with E-state index in [0.29, 0.717) is 5.70 Å². The maximum atomic E-state index is 5.84. The molecule has 0 amide bonds. The molecule has 0 bridgehead atoms. The van der Waals surface area contributed by atoms with Gasteiger partial charge in [0.2, 0.25) is 0 Å². The molecule has 1 aliphatic rings. The summed E-state index contributed by atoms with van der Waals surface area (Å²) in [5.74, 6) is 0.228. The predicted octanol–water partition coefficient (Wildman–Crippen LogP) is 3.09. The molecule has 1 heterocycles. The molecular weight excluding hydrogens is 216 g/mol. The van der Waals surface area contributed by atoms with E-state index in [4.69, 9.17) is 5.73 Å². The van der Waals surface area contributed by atoms with Gasteiger partial charge in [-0.05, 0) is 0 Å². The Labute approximate surface area is 104 Å². The highest BCUT2D eigenvalue weighted by Crippen LogP contribution is 2.56. The smallest absolute Gasteiger partial charge is 0.0446 e. The minimum Gasteiger partial charge on any atom is -0.402 e. The first kappa shape index (κ1) is 13.0. The molecule has 0 spiro atoms. The normalized spacial score (nSPS) is 31.7. The lowest BCUT2D eigenvalue weighted by atomic mass is 9.66. The summed E-state index contributed by atoms with van der Waals surface area (Å²) in [6.07, 6.45) is 1.89. The van der Waals surface area contributed by atoms with Crippen molar-refractivity contribution in [2.75, 3.05) is 0 Å². The van der Waals surface area contributed by atoms with Gasteiger partial charge in [-0.2, -0.15) is 0 Å². The second-order valence-corrected chi connectivity index (χ2v) is 4.81. The van der Waals surface area contributed by atoms with Gasteiger partial charge in [0.05, 0.1) is 0 Å². The quantitative estimate of drug-likeness (QED) is 0.582. The maximum absolute atomic E-state index is 5.84. The van der Waals surface area contributed by atoms with Gasteiger partial charge in [-0.15, -0.1) is 6.58 Å². The van der Waals surface area contributed by atoms with E-state index in [1.807, 2.05) is 13.0 Å². The topological polar surface area (TPSA) is 29.3 Å². The minimum atomic E-state index is -0.329. The third-order valence-corrected chi connectivity index (χ3v) is 4.35. The standard InChI is InChI=1S/C13H20N2S/c1-7-13(8(2)10(4)14)9(3)11(5)15(16)12(13)6/h7-9,16H,1,4-6,14H2,2-3H3. The SMILES string of the molecule is C=CC1(C(C)C(=C)N)C(=C)N(S)C(=C)C1C. The number of hydrogen-bond acceptors (Lipinski definition) is 3. The summed E-state index contributed by atoms with van der Waals surface area (Å²) in [5.41, 5.74) is 7.92. The number of allylic oxidation sites excluding steroid dienone is 3. The van der Waals surface area contributed by atoms with E-state index in [1.165, 1.54) is 0 Å². The monoisotopic (exact) mass is 236 g/mol. The number of thiol groups is 1. The number of nitrogens with zero attached hydrogens (tertiary/aromatic N) is 1. The zero-order valence-electron chi connectivity index (χ0n) is 10.0. The fourth-order valence-corrected chi connectivity index (χ4v) is 2.82. The van der Waals surface area contributed by atoms with Crippen LogP contribution in [0.4, 0.5) is 0 Å². The molecule has 3 unspecified atom stereocenters. The van der Waals surface area contributed by atoms with Crippen LogP contribution in [0.15, 0.2) is 49.5 Å². The molecule has 0 aromatic carbocycles. The maximum Gasteiger partial charge on any atom is 0.0446 e. The molecule has 3 heteroatoms. The zero-order valence-corrected chi connectivity index (χ0v) is 10.9. The first-order valence-electron chi connectivity index (χ1n) is 5.25. The Morgan fingerprint density at radius 2 is 2.12 bits per heavy atom. The average Bonchev–Trinajstić information content (AvgIpc) is 2.41. The summed E-state index contributed by atoms with van der Waals surface area (Å²) < 4.78 is 1.73. The fourth-order valence-electron chi connectivity index (χ4n) is 2.47. The Kier molecular flexibility index (Phi) is 3.29. The van der Waals surface area contributed by atoms with Crippen LogP contribution in [0, 0.1) is 17.3 Å². The van der Waals surface area contributed by atoms with Crippen LogP contribution in [0.3, 0.4) is 0 Å². The predicted molar refractivity (Wildman–Crippen MR) is 73.4 cm³/mol. The van der Waals surface area contributed by atoms with E-state index in [0.717, 1.165) is 11.4 Å². The fraction of sp³-hybridized carbons (Fsp3) is 0.385. The van der Waals surface area contributed by atoms with Gasteiger partial charge in [0, 0.05) is 34.3 Å². The van der Waals surface area contributed by atoms with Crippen molar-refractivity contribution in [3.8, 4) is 0 Å². The molecule has 2 N–H and O–H groups in total. The Bertz CT molecular complexity index is 366. The van der Waals surface area contributed by atoms with Crippen LogP contribution in [0.25, 0.3) is 0 Å². The van der Waals surface area contributed by atoms with Gasteiger partial charge in [0.1, 0.15) is 0 Å². The molecule has 0 saturated carbocycles. The van der Waals surface area contributed by atoms with Gasteiger partial charge in [-0.25, -0.2) is 0 Å². The lowest BCUT2D eigenvalue weighted by Crippen LogP contribution is -2.34. The molecule has 16 heavy (non-hydrogen) atoms. The van der Waals surface area contributed by atoms with E-state index >= 15 is 0 Å². The van der Waals surface area contributed by atoms with Crippen molar-refractivity contribution in [3.05, 3.63) is 49.5 Å². The molecule has 0 aromatic heterocycles. The zero-order chi connectivity index (χ0) is 12.7. The van der Waals surface area contributed by atoms with Crippen molar-refractivity contribution in [1.29, 1.82) is 0 Å². The van der Waals surface area contributed by atoms with Crippen LogP contribution in [0.5, 0.6) is 0 Å². The molecule has 1 aliphatic heterocycles. The van der Waals surface area contributed by atoms with Gasteiger partial charge in [-0.3, -0.25) is 4.31 Å². The van der Waals surface area contributed by atoms with Crippen LogP contribution in [-0.2, 0) is 0 Å². The van der Waals surface area contributed by atoms with E-state index in [1.54, 1.807) is 4.31 Å². The van der Waals surface area contributed by atoms with Gasteiger partial charge in [0.15, 0.2) is 0 Å². The molecule has 1 fully saturated rings. The number of hydrogen-bond donors (Lipinski definition) is 2. The second-order valence-electron chi connectivity index (χ2n) is 4.41. The van der Waals surface area contributed by atoms with Crippen LogP contribution in [-0.4, -0.2) is 4.31 Å². The van der Waals surface area contributed by atoms with Gasteiger partial charge < -0.3 is 5.73 Å². The van der Waals surface area contributed by atoms with Crippen molar-refractivity contribution in [1.82, 2.24) is 4.31 Å². The summed E-state index contributed by atoms with van der Waals surface area (Å²) in [4.78, 5) is 0. The molecule has 0 radical (unpaired) electrons. The van der Waals surface area contributed by atoms with Crippen molar-refractivity contribution >= 4 is 12.8 Å². The van der Waals surface area contributed by atoms with Crippen LogP contribution in [0.1, 0.15) is 13.8 Å². The first-order valence-corrected chi connectivity index (χ1v) is 5.65. The Balaban J connectivity index is 3.34. The molecule has 1 rings (SSSR count). The third-order valence-electron chi connectivity index (χ3n) is 3.85. The highest BCUT2D eigenvalue weighted by Gasteiger charge is 2.50. The van der Waals surface area contributed by atoms with Crippen molar-refractivity contribution in [2.45, 2.75) is 13.8 Å². The van der Waals surface area contributed by atoms with E-state index < -0.39 is 0 Å². The molecule has 2 nitrogen and oxygen atoms in total. The molecular formula is C13H20N2S. The van der Waals surface area contributed by atoms with Crippen LogP contribution < -0.4 is 5.73 Å². The Hall–Kier alpha value is -1.09. The van der Waals surface area contributed by atoms with Gasteiger partial charge in [0.25, 0.3) is 0 Å². The van der Waals surface area contributed by atoms with E-state index in [2.05, 4.69) is 46.1 Å². The molecule has 0 aromatic rings. The lowest BCUT2D eigenvalue weighted by Gasteiger charge is -2.36. The van der Waals surface area contributed by atoms with Crippen molar-refractivity contribution in [2.24, 2.45) is 23.0 Å². The van der Waals surface area contributed by atoms with Crippen LogP contribution in [0.2, 0.25) is 0 Å². The highest BCUT2D eigenvalue weighted by molar-refractivity contribution is 7.78. The molecule has 0 aliphatic carbocycles.